The molecule has 0 atom stereocenters. The zero-order valence-electron chi connectivity index (χ0n) is 11.6. The first-order chi connectivity index (χ1) is 10.3. The summed E-state index contributed by atoms with van der Waals surface area (Å²) in [6, 6.07) is 14.7. The van der Waals surface area contributed by atoms with E-state index in [2.05, 4.69) is 24.0 Å². The van der Waals surface area contributed by atoms with Gasteiger partial charge in [0.1, 0.15) is 11.6 Å². The molecule has 3 heteroatoms. The molecule has 1 nitrogen and oxygen atoms in total. The Balaban J connectivity index is 1.86. The van der Waals surface area contributed by atoms with E-state index in [0.29, 0.717) is 17.9 Å². The summed E-state index contributed by atoms with van der Waals surface area (Å²) in [6.07, 6.45) is 1.82. The molecule has 2 aromatic rings. The quantitative estimate of drug-likeness (QED) is 0.451. The summed E-state index contributed by atoms with van der Waals surface area (Å²) in [5, 5.41) is 0. The lowest BCUT2D eigenvalue weighted by molar-refractivity contribution is 0.309. The number of benzene rings is 2. The topological polar surface area (TPSA) is 9.23 Å². The second-order valence-corrected chi connectivity index (χ2v) is 4.82. The molecule has 108 valence electrons. The maximum absolute atomic E-state index is 13.4. The Labute approximate surface area is 129 Å². The van der Waals surface area contributed by atoms with E-state index in [1.165, 1.54) is 17.7 Å². The van der Waals surface area contributed by atoms with E-state index in [1.54, 1.807) is 6.07 Å². The van der Waals surface area contributed by atoms with Crippen LogP contribution in [0, 0.1) is 17.7 Å². The number of ether oxygens (including phenoxy) is 1. The average molecular weight is 303 g/mol. The SMILES string of the molecule is Fc1cc(C#CCCl)cc(OCCCc2ccccc2)c1. The molecular formula is C18H16ClFO. The van der Waals surface area contributed by atoms with Crippen LogP contribution in [0.25, 0.3) is 0 Å². The van der Waals surface area contributed by atoms with Gasteiger partial charge in [-0.05, 0) is 30.5 Å². The second kappa shape index (κ2) is 8.34. The first-order valence-corrected chi connectivity index (χ1v) is 7.33. The van der Waals surface area contributed by atoms with Crippen molar-refractivity contribution in [3.05, 3.63) is 65.5 Å². The van der Waals surface area contributed by atoms with Gasteiger partial charge in [0.25, 0.3) is 0 Å². The highest BCUT2D eigenvalue weighted by molar-refractivity contribution is 6.19. The summed E-state index contributed by atoms with van der Waals surface area (Å²) in [7, 11) is 0. The summed E-state index contributed by atoms with van der Waals surface area (Å²) in [5.74, 6) is 5.87. The molecule has 0 aliphatic heterocycles. The Kier molecular flexibility index (Phi) is 6.12. The molecule has 2 rings (SSSR count). The van der Waals surface area contributed by atoms with Crippen LogP contribution in [-0.4, -0.2) is 12.5 Å². The Hall–Kier alpha value is -1.98. The van der Waals surface area contributed by atoms with Gasteiger partial charge in [0.2, 0.25) is 0 Å². The Morgan fingerprint density at radius 1 is 1.10 bits per heavy atom. The van der Waals surface area contributed by atoms with Crippen LogP contribution in [0.4, 0.5) is 4.39 Å². The maximum Gasteiger partial charge on any atom is 0.128 e. The van der Waals surface area contributed by atoms with Crippen molar-refractivity contribution < 1.29 is 9.13 Å². The van der Waals surface area contributed by atoms with Crippen molar-refractivity contribution in [3.8, 4) is 17.6 Å². The number of hydrogen-bond acceptors (Lipinski definition) is 1. The van der Waals surface area contributed by atoms with E-state index in [1.807, 2.05) is 18.2 Å². The molecule has 0 aromatic heterocycles. The molecular weight excluding hydrogens is 287 g/mol. The second-order valence-electron chi connectivity index (χ2n) is 4.55. The molecule has 0 saturated heterocycles. The van der Waals surface area contributed by atoms with E-state index in [4.69, 9.17) is 16.3 Å². The zero-order valence-corrected chi connectivity index (χ0v) is 12.4. The molecule has 0 saturated carbocycles. The molecule has 0 heterocycles. The maximum atomic E-state index is 13.4. The van der Waals surface area contributed by atoms with Gasteiger partial charge in [-0.1, -0.05) is 42.2 Å². The largest absolute Gasteiger partial charge is 0.493 e. The number of rotatable bonds is 5. The highest BCUT2D eigenvalue weighted by Gasteiger charge is 2.01. The molecule has 0 aliphatic rings. The van der Waals surface area contributed by atoms with Crippen LogP contribution < -0.4 is 4.74 Å². The average Bonchev–Trinajstić information content (AvgIpc) is 2.50. The Morgan fingerprint density at radius 3 is 2.67 bits per heavy atom. The van der Waals surface area contributed by atoms with Crippen molar-refractivity contribution >= 4 is 11.6 Å². The number of alkyl halides is 1. The van der Waals surface area contributed by atoms with Crippen LogP contribution in [0.3, 0.4) is 0 Å². The molecule has 0 fully saturated rings. The fourth-order valence-corrected chi connectivity index (χ4v) is 2.03. The van der Waals surface area contributed by atoms with E-state index in [-0.39, 0.29) is 11.7 Å². The summed E-state index contributed by atoms with van der Waals surface area (Å²) >= 11 is 5.49. The van der Waals surface area contributed by atoms with E-state index >= 15 is 0 Å². The normalized spacial score (nSPS) is 9.81. The molecule has 0 N–H and O–H groups in total. The van der Waals surface area contributed by atoms with Crippen molar-refractivity contribution in [3.63, 3.8) is 0 Å². The fraction of sp³-hybridized carbons (Fsp3) is 0.222. The number of halogens is 2. The van der Waals surface area contributed by atoms with Crippen molar-refractivity contribution in [2.45, 2.75) is 12.8 Å². The zero-order chi connectivity index (χ0) is 14.9. The van der Waals surface area contributed by atoms with Crippen molar-refractivity contribution in [2.75, 3.05) is 12.5 Å². The minimum atomic E-state index is -0.352. The molecule has 0 bridgehead atoms. The number of aryl methyl sites for hydroxylation is 1. The van der Waals surface area contributed by atoms with Gasteiger partial charge in [-0.2, -0.15) is 0 Å². The lowest BCUT2D eigenvalue weighted by atomic mass is 10.1. The monoisotopic (exact) mass is 302 g/mol. The van der Waals surface area contributed by atoms with Crippen LogP contribution in [0.1, 0.15) is 17.5 Å². The van der Waals surface area contributed by atoms with Gasteiger partial charge in [-0.25, -0.2) is 4.39 Å². The van der Waals surface area contributed by atoms with Gasteiger partial charge >= 0.3 is 0 Å². The lowest BCUT2D eigenvalue weighted by Crippen LogP contribution is -2.00. The third-order valence-electron chi connectivity index (χ3n) is 2.89. The Morgan fingerprint density at radius 2 is 1.90 bits per heavy atom. The minimum absolute atomic E-state index is 0.226. The van der Waals surface area contributed by atoms with Gasteiger partial charge in [-0.3, -0.25) is 0 Å². The van der Waals surface area contributed by atoms with Crippen molar-refractivity contribution in [1.82, 2.24) is 0 Å². The first kappa shape index (κ1) is 15.4. The summed E-state index contributed by atoms with van der Waals surface area (Å²) in [5.41, 5.74) is 1.85. The molecule has 0 aliphatic carbocycles. The van der Waals surface area contributed by atoms with Crippen LogP contribution in [0.5, 0.6) is 5.75 Å². The van der Waals surface area contributed by atoms with Gasteiger partial charge in [-0.15, -0.1) is 11.6 Å². The van der Waals surface area contributed by atoms with Gasteiger partial charge < -0.3 is 4.74 Å². The molecule has 21 heavy (non-hydrogen) atoms. The summed E-state index contributed by atoms with van der Waals surface area (Å²) < 4.78 is 19.0. The predicted molar refractivity (Wildman–Crippen MR) is 84.3 cm³/mol. The van der Waals surface area contributed by atoms with Crippen LogP contribution in [0.2, 0.25) is 0 Å². The molecule has 0 unspecified atom stereocenters. The van der Waals surface area contributed by atoms with E-state index < -0.39 is 0 Å². The smallest absolute Gasteiger partial charge is 0.128 e. The molecule has 0 amide bonds. The van der Waals surface area contributed by atoms with Crippen LogP contribution >= 0.6 is 11.6 Å². The third kappa shape index (κ3) is 5.49. The Bertz CT molecular complexity index is 629. The van der Waals surface area contributed by atoms with Gasteiger partial charge in [0.15, 0.2) is 0 Å². The van der Waals surface area contributed by atoms with Crippen molar-refractivity contribution in [2.24, 2.45) is 0 Å². The molecule has 0 radical (unpaired) electrons. The lowest BCUT2D eigenvalue weighted by Gasteiger charge is -2.07. The highest BCUT2D eigenvalue weighted by atomic mass is 35.5. The van der Waals surface area contributed by atoms with E-state index in [9.17, 15) is 4.39 Å². The fourth-order valence-electron chi connectivity index (χ4n) is 1.96. The van der Waals surface area contributed by atoms with Gasteiger partial charge in [0, 0.05) is 11.6 Å². The predicted octanol–water partition coefficient (Wildman–Crippen LogP) is 4.43. The third-order valence-corrected chi connectivity index (χ3v) is 3.03. The van der Waals surface area contributed by atoms with Crippen molar-refractivity contribution in [1.29, 1.82) is 0 Å². The molecule has 0 spiro atoms. The highest BCUT2D eigenvalue weighted by Crippen LogP contribution is 2.16. The summed E-state index contributed by atoms with van der Waals surface area (Å²) in [4.78, 5) is 0. The minimum Gasteiger partial charge on any atom is -0.493 e. The van der Waals surface area contributed by atoms with Crippen LogP contribution in [-0.2, 0) is 6.42 Å². The van der Waals surface area contributed by atoms with E-state index in [0.717, 1.165) is 12.8 Å². The van der Waals surface area contributed by atoms with Crippen LogP contribution in [0.15, 0.2) is 48.5 Å². The number of hydrogen-bond donors (Lipinski definition) is 0. The first-order valence-electron chi connectivity index (χ1n) is 6.80. The van der Waals surface area contributed by atoms with Gasteiger partial charge in [0.05, 0.1) is 12.5 Å². The standard InChI is InChI=1S/C18H16ClFO/c19-10-4-8-16-12-17(20)14-18(13-16)21-11-5-9-15-6-2-1-3-7-15/h1-3,6-7,12-14H,5,9-11H2. The summed E-state index contributed by atoms with van der Waals surface area (Å²) in [6.45, 7) is 0.542. The molecule has 2 aromatic carbocycles.